The quantitative estimate of drug-likeness (QED) is 0.411. The second-order valence-corrected chi connectivity index (χ2v) is 11.0. The van der Waals surface area contributed by atoms with E-state index in [-0.39, 0.29) is 55.9 Å². The molecule has 0 radical (unpaired) electrons. The van der Waals surface area contributed by atoms with Crippen molar-refractivity contribution in [3.63, 3.8) is 0 Å². The van der Waals surface area contributed by atoms with Gasteiger partial charge in [0.1, 0.15) is 6.17 Å². The zero-order valence-electron chi connectivity index (χ0n) is 22.9. The van der Waals surface area contributed by atoms with E-state index in [1.54, 1.807) is 22.6 Å². The largest absolute Gasteiger partial charge is 0.466 e. The third kappa shape index (κ3) is 4.66. The third-order valence-corrected chi connectivity index (χ3v) is 8.63. The van der Waals surface area contributed by atoms with Gasteiger partial charge in [-0.3, -0.25) is 24.2 Å². The Morgan fingerprint density at radius 2 is 1.95 bits per heavy atom. The van der Waals surface area contributed by atoms with Crippen LogP contribution in [-0.2, 0) is 15.2 Å². The lowest BCUT2D eigenvalue weighted by atomic mass is 9.93. The molecule has 1 fully saturated rings. The Hall–Kier alpha value is -4.10. The average Bonchev–Trinajstić information content (AvgIpc) is 3.16. The van der Waals surface area contributed by atoms with Crippen molar-refractivity contribution in [3.05, 3.63) is 92.9 Å². The second kappa shape index (κ2) is 11.3. The van der Waals surface area contributed by atoms with Gasteiger partial charge in [-0.05, 0) is 30.2 Å². The number of hydrogen-bond acceptors (Lipinski definition) is 8. The van der Waals surface area contributed by atoms with Gasteiger partial charge in [0.15, 0.2) is 29.8 Å². The molecule has 2 atom stereocenters. The number of carbonyl (C=O) groups excluding carboxylic acids is 2. The molecule has 220 valence electrons. The summed E-state index contributed by atoms with van der Waals surface area (Å²) in [6.45, 7) is 2.14. The van der Waals surface area contributed by atoms with Crippen molar-refractivity contribution in [2.45, 2.75) is 29.8 Å². The Morgan fingerprint density at radius 1 is 1.14 bits per heavy atom. The van der Waals surface area contributed by atoms with E-state index in [0.29, 0.717) is 5.56 Å². The van der Waals surface area contributed by atoms with Crippen LogP contribution in [-0.4, -0.2) is 72.8 Å². The Bertz CT molecular complexity index is 1620. The first kappa shape index (κ1) is 28.0. The van der Waals surface area contributed by atoms with E-state index >= 15 is 4.39 Å². The summed E-state index contributed by atoms with van der Waals surface area (Å²) in [4.78, 5) is 42.9. The van der Waals surface area contributed by atoms with Crippen LogP contribution in [0.1, 0.15) is 40.1 Å². The lowest BCUT2D eigenvalue weighted by Crippen LogP contribution is -2.66. The number of fused-ring (bicyclic) bond motifs is 4. The Kier molecular flexibility index (Phi) is 7.54. The number of aromatic nitrogens is 1. The fourth-order valence-corrected chi connectivity index (χ4v) is 6.67. The number of benzene rings is 2. The Morgan fingerprint density at radius 3 is 2.76 bits per heavy atom. The molecule has 2 amide bonds. The van der Waals surface area contributed by atoms with Crippen LogP contribution in [0.5, 0.6) is 5.75 Å². The van der Waals surface area contributed by atoms with Crippen molar-refractivity contribution in [2.24, 2.45) is 0 Å². The maximum absolute atomic E-state index is 15.3. The standard InChI is InChI=1S/C29H28F2N4O6S/c1-3-40-29(38)32(2)16-41-27-21(36)10-11-34-26(27)28(37)33-12-13-39-14-23(33)35(34)25-17-8-9-20(30)24(31)19(17)15-42-22-7-5-4-6-18(22)25/h4-11,23,25H,3,12-16H2,1-2H3/t23?,25-/m0/s1. The normalized spacial score (nSPS) is 19.2. The molecule has 10 nitrogen and oxygen atoms in total. The summed E-state index contributed by atoms with van der Waals surface area (Å²) in [5, 5.41) is 1.86. The molecule has 3 aromatic rings. The van der Waals surface area contributed by atoms with Gasteiger partial charge in [0.25, 0.3) is 5.91 Å². The van der Waals surface area contributed by atoms with Gasteiger partial charge in [0.2, 0.25) is 5.43 Å². The van der Waals surface area contributed by atoms with Crippen LogP contribution in [0.25, 0.3) is 0 Å². The van der Waals surface area contributed by atoms with Crippen LogP contribution in [0.2, 0.25) is 0 Å². The maximum atomic E-state index is 15.3. The molecule has 13 heteroatoms. The molecule has 0 saturated carbocycles. The number of halogens is 2. The monoisotopic (exact) mass is 598 g/mol. The zero-order valence-corrected chi connectivity index (χ0v) is 23.7. The second-order valence-electron chi connectivity index (χ2n) is 9.96. The predicted octanol–water partition coefficient (Wildman–Crippen LogP) is 3.70. The minimum atomic E-state index is -0.944. The zero-order chi connectivity index (χ0) is 29.5. The van der Waals surface area contributed by atoms with Crippen LogP contribution in [0.3, 0.4) is 0 Å². The minimum Gasteiger partial charge on any atom is -0.466 e. The number of hydrogen-bond donors (Lipinski definition) is 0. The molecule has 1 saturated heterocycles. The average molecular weight is 599 g/mol. The van der Waals surface area contributed by atoms with Crippen molar-refractivity contribution in [1.29, 1.82) is 0 Å². The molecular weight excluding hydrogens is 570 g/mol. The molecule has 0 aliphatic carbocycles. The highest BCUT2D eigenvalue weighted by Crippen LogP contribution is 2.45. The number of morpholine rings is 1. The summed E-state index contributed by atoms with van der Waals surface area (Å²) < 4.78 is 48.0. The fraction of sp³-hybridized carbons (Fsp3) is 0.345. The number of thioether (sulfide) groups is 1. The van der Waals surface area contributed by atoms with Crippen LogP contribution in [0, 0.1) is 11.6 Å². The van der Waals surface area contributed by atoms with E-state index in [1.165, 1.54) is 31.1 Å². The van der Waals surface area contributed by atoms with Crippen LogP contribution in [0.15, 0.2) is 58.4 Å². The van der Waals surface area contributed by atoms with Gasteiger partial charge < -0.3 is 19.1 Å². The van der Waals surface area contributed by atoms with Crippen LogP contribution < -0.4 is 15.2 Å². The van der Waals surface area contributed by atoms with Gasteiger partial charge in [0, 0.05) is 42.1 Å². The molecule has 4 heterocycles. The summed E-state index contributed by atoms with van der Waals surface area (Å²) >= 11 is 1.40. The van der Waals surface area contributed by atoms with E-state index in [2.05, 4.69) is 0 Å². The molecule has 1 aromatic heterocycles. The van der Waals surface area contributed by atoms with E-state index in [0.717, 1.165) is 21.4 Å². The molecule has 2 aromatic carbocycles. The molecule has 0 spiro atoms. The highest BCUT2D eigenvalue weighted by Gasteiger charge is 2.46. The van der Waals surface area contributed by atoms with E-state index < -0.39 is 41.3 Å². The first-order valence-electron chi connectivity index (χ1n) is 13.4. The number of carbonyl (C=O) groups is 2. The van der Waals surface area contributed by atoms with Gasteiger partial charge in [-0.1, -0.05) is 24.3 Å². The van der Waals surface area contributed by atoms with Gasteiger partial charge in [-0.25, -0.2) is 13.6 Å². The SMILES string of the molecule is CCOC(=O)N(C)COc1c2n(ccc1=O)N([C@@H]1c3ccccc3SCc3c1ccc(F)c3F)C1COCCN1C2=O. The van der Waals surface area contributed by atoms with Gasteiger partial charge in [-0.2, -0.15) is 0 Å². The number of ether oxygens (including phenoxy) is 3. The lowest BCUT2D eigenvalue weighted by molar-refractivity contribution is -0.0200. The lowest BCUT2D eigenvalue weighted by Gasteiger charge is -2.51. The van der Waals surface area contributed by atoms with Gasteiger partial charge in [0.05, 0.1) is 25.9 Å². The molecular formula is C29H28F2N4O6S. The molecule has 3 aliphatic heterocycles. The molecule has 3 aliphatic rings. The van der Waals surface area contributed by atoms with Crippen molar-refractivity contribution < 1.29 is 32.6 Å². The molecule has 0 bridgehead atoms. The third-order valence-electron chi connectivity index (χ3n) is 7.51. The molecule has 0 N–H and O–H groups in total. The maximum Gasteiger partial charge on any atom is 0.412 e. The Balaban J connectivity index is 1.55. The number of rotatable bonds is 5. The summed E-state index contributed by atoms with van der Waals surface area (Å²) in [6, 6.07) is 10.8. The van der Waals surface area contributed by atoms with Crippen molar-refractivity contribution >= 4 is 23.8 Å². The minimum absolute atomic E-state index is 0.0450. The van der Waals surface area contributed by atoms with E-state index in [1.807, 2.05) is 29.3 Å². The summed E-state index contributed by atoms with van der Waals surface area (Å²) in [7, 11) is 1.45. The fourth-order valence-electron chi connectivity index (χ4n) is 5.56. The van der Waals surface area contributed by atoms with Crippen LogP contribution >= 0.6 is 11.8 Å². The molecule has 1 unspecified atom stereocenters. The number of pyridine rings is 1. The number of nitrogens with zero attached hydrogens (tertiary/aromatic N) is 4. The topological polar surface area (TPSA) is 93.5 Å². The highest BCUT2D eigenvalue weighted by molar-refractivity contribution is 7.98. The molecule has 6 rings (SSSR count). The first-order chi connectivity index (χ1) is 20.3. The van der Waals surface area contributed by atoms with Gasteiger partial charge >= 0.3 is 6.09 Å². The van der Waals surface area contributed by atoms with E-state index in [9.17, 15) is 18.8 Å². The highest BCUT2D eigenvalue weighted by atomic mass is 32.2. The van der Waals surface area contributed by atoms with E-state index in [4.69, 9.17) is 14.2 Å². The summed E-state index contributed by atoms with van der Waals surface area (Å²) in [5.74, 6) is -2.35. The smallest absolute Gasteiger partial charge is 0.412 e. The summed E-state index contributed by atoms with van der Waals surface area (Å²) in [5.41, 5.74) is 0.971. The Labute approximate surface area is 244 Å². The van der Waals surface area contributed by atoms with Crippen LogP contribution in [0.4, 0.5) is 13.6 Å². The van der Waals surface area contributed by atoms with Crippen molar-refractivity contribution in [2.75, 3.05) is 45.2 Å². The van der Waals surface area contributed by atoms with Crippen molar-refractivity contribution in [3.8, 4) is 5.75 Å². The molecule has 42 heavy (non-hydrogen) atoms. The number of amides is 2. The van der Waals surface area contributed by atoms with Crippen molar-refractivity contribution in [1.82, 2.24) is 14.5 Å². The first-order valence-corrected chi connectivity index (χ1v) is 14.4. The predicted molar refractivity (Wildman–Crippen MR) is 149 cm³/mol. The van der Waals surface area contributed by atoms with Gasteiger partial charge in [-0.15, -0.1) is 11.8 Å². The summed E-state index contributed by atoms with van der Waals surface area (Å²) in [6.07, 6.45) is 0.185.